The maximum absolute atomic E-state index is 15.0. The molecule has 0 unspecified atom stereocenters. The first kappa shape index (κ1) is 16.4. The summed E-state index contributed by atoms with van der Waals surface area (Å²) in [4.78, 5) is 24.8. The average Bonchev–Trinajstić information content (AvgIpc) is 2.94. The SMILES string of the molecule is CCn1cc(C(=O)O)c(=O)c2cc(F)c(N3CC[C@H](O)C3)c(F)c21. The van der Waals surface area contributed by atoms with E-state index in [1.165, 1.54) is 9.47 Å². The largest absolute Gasteiger partial charge is 0.477 e. The molecule has 3 rings (SSSR count). The van der Waals surface area contributed by atoms with Gasteiger partial charge >= 0.3 is 5.97 Å². The smallest absolute Gasteiger partial charge is 0.341 e. The van der Waals surface area contributed by atoms with Crippen LogP contribution in [0.2, 0.25) is 0 Å². The summed E-state index contributed by atoms with van der Waals surface area (Å²) < 4.78 is 30.7. The fourth-order valence-corrected chi connectivity index (χ4v) is 3.11. The van der Waals surface area contributed by atoms with Crippen LogP contribution < -0.4 is 10.3 Å². The van der Waals surface area contributed by atoms with Gasteiger partial charge in [-0.1, -0.05) is 0 Å². The number of β-amino-alcohol motifs (C(OH)–C–C–N with tert-alkyl or cyclic N) is 1. The number of fused-ring (bicyclic) bond motifs is 1. The first-order valence-electron chi connectivity index (χ1n) is 7.56. The van der Waals surface area contributed by atoms with E-state index in [2.05, 4.69) is 0 Å². The van der Waals surface area contributed by atoms with Crippen molar-refractivity contribution < 1.29 is 23.8 Å². The molecule has 1 aromatic carbocycles. The Morgan fingerprint density at radius 1 is 1.42 bits per heavy atom. The molecule has 2 aromatic rings. The molecule has 0 aliphatic carbocycles. The Kier molecular flexibility index (Phi) is 4.00. The standard InChI is InChI=1S/C16H16F2N2O4/c1-2-19-7-10(16(23)24)15(22)9-5-11(17)14(12(18)13(9)19)20-4-3-8(21)6-20/h5,7-8,21H,2-4,6H2,1H3,(H,23,24)/t8-/m0/s1. The van der Waals surface area contributed by atoms with Gasteiger partial charge in [0.05, 0.1) is 17.0 Å². The number of carbonyl (C=O) groups is 1. The molecule has 1 aliphatic heterocycles. The summed E-state index contributed by atoms with van der Waals surface area (Å²) in [5.41, 5.74) is -1.89. The maximum Gasteiger partial charge on any atom is 0.341 e. The third-order valence-corrected chi connectivity index (χ3v) is 4.28. The lowest BCUT2D eigenvalue weighted by Gasteiger charge is -2.21. The van der Waals surface area contributed by atoms with Gasteiger partial charge < -0.3 is 19.7 Å². The van der Waals surface area contributed by atoms with Crippen LogP contribution in [-0.2, 0) is 6.54 Å². The summed E-state index contributed by atoms with van der Waals surface area (Å²) >= 11 is 0. The van der Waals surface area contributed by atoms with Crippen molar-refractivity contribution in [1.82, 2.24) is 4.57 Å². The number of aliphatic hydroxyl groups is 1. The van der Waals surface area contributed by atoms with Crippen molar-refractivity contribution in [2.24, 2.45) is 0 Å². The van der Waals surface area contributed by atoms with Crippen LogP contribution in [0.15, 0.2) is 17.1 Å². The molecule has 1 aromatic heterocycles. The molecule has 0 radical (unpaired) electrons. The zero-order valence-electron chi connectivity index (χ0n) is 12.9. The van der Waals surface area contributed by atoms with Crippen molar-refractivity contribution in [3.05, 3.63) is 39.7 Å². The number of aromatic nitrogens is 1. The third kappa shape index (κ3) is 2.43. The predicted molar refractivity (Wildman–Crippen MR) is 83.6 cm³/mol. The van der Waals surface area contributed by atoms with Gasteiger partial charge in [0.15, 0.2) is 5.82 Å². The van der Waals surface area contributed by atoms with Gasteiger partial charge in [0, 0.05) is 25.8 Å². The van der Waals surface area contributed by atoms with E-state index in [1.54, 1.807) is 6.92 Å². The molecular weight excluding hydrogens is 322 g/mol. The van der Waals surface area contributed by atoms with Crippen LogP contribution in [0.1, 0.15) is 23.7 Å². The van der Waals surface area contributed by atoms with Gasteiger partial charge in [0.2, 0.25) is 5.43 Å². The van der Waals surface area contributed by atoms with Gasteiger partial charge in [-0.3, -0.25) is 4.79 Å². The van der Waals surface area contributed by atoms with Crippen LogP contribution in [-0.4, -0.2) is 39.9 Å². The van der Waals surface area contributed by atoms with Crippen LogP contribution >= 0.6 is 0 Å². The number of aromatic carboxylic acids is 1. The van der Waals surface area contributed by atoms with Crippen LogP contribution in [0.5, 0.6) is 0 Å². The lowest BCUT2D eigenvalue weighted by atomic mass is 10.1. The average molecular weight is 338 g/mol. The molecular formula is C16H16F2N2O4. The summed E-state index contributed by atoms with van der Waals surface area (Å²) in [6.07, 6.45) is 0.800. The molecule has 0 bridgehead atoms. The second-order valence-corrected chi connectivity index (χ2v) is 5.77. The Bertz CT molecular complexity index is 894. The van der Waals surface area contributed by atoms with Crippen LogP contribution in [0.25, 0.3) is 10.9 Å². The lowest BCUT2D eigenvalue weighted by Crippen LogP contribution is -2.25. The molecule has 1 saturated heterocycles. The van der Waals surface area contributed by atoms with Gasteiger partial charge in [-0.2, -0.15) is 0 Å². The highest BCUT2D eigenvalue weighted by molar-refractivity contribution is 5.93. The zero-order chi connectivity index (χ0) is 17.6. The van der Waals surface area contributed by atoms with E-state index in [0.29, 0.717) is 13.0 Å². The Hall–Kier alpha value is -2.48. The van der Waals surface area contributed by atoms with Gasteiger partial charge in [-0.15, -0.1) is 0 Å². The molecule has 6 nitrogen and oxygen atoms in total. The summed E-state index contributed by atoms with van der Waals surface area (Å²) in [6, 6.07) is 0.874. The first-order valence-corrected chi connectivity index (χ1v) is 7.56. The summed E-state index contributed by atoms with van der Waals surface area (Å²) in [7, 11) is 0. The van der Waals surface area contributed by atoms with Crippen molar-refractivity contribution in [1.29, 1.82) is 0 Å². The van der Waals surface area contributed by atoms with Crippen LogP contribution in [0.4, 0.5) is 14.5 Å². The fraction of sp³-hybridized carbons (Fsp3) is 0.375. The molecule has 128 valence electrons. The number of benzene rings is 1. The minimum Gasteiger partial charge on any atom is -0.477 e. The van der Waals surface area contributed by atoms with Gasteiger partial charge in [0.1, 0.15) is 17.1 Å². The molecule has 24 heavy (non-hydrogen) atoms. The zero-order valence-corrected chi connectivity index (χ0v) is 12.9. The second kappa shape index (κ2) is 5.86. The number of anilines is 1. The Morgan fingerprint density at radius 3 is 2.67 bits per heavy atom. The summed E-state index contributed by atoms with van der Waals surface area (Å²) in [6.45, 7) is 2.27. The minimum atomic E-state index is -1.45. The maximum atomic E-state index is 15.0. The topological polar surface area (TPSA) is 82.8 Å². The van der Waals surface area contributed by atoms with E-state index < -0.39 is 34.7 Å². The number of pyridine rings is 1. The molecule has 2 heterocycles. The van der Waals surface area contributed by atoms with Crippen molar-refractivity contribution >= 4 is 22.6 Å². The number of aryl methyl sites for hydroxylation is 1. The number of hydrogen-bond donors (Lipinski definition) is 2. The number of halogens is 2. The molecule has 1 aliphatic rings. The molecule has 0 amide bonds. The Labute approximate surface area is 135 Å². The van der Waals surface area contributed by atoms with E-state index in [4.69, 9.17) is 5.11 Å². The third-order valence-electron chi connectivity index (χ3n) is 4.28. The number of aliphatic hydroxyl groups excluding tert-OH is 1. The van der Waals surface area contributed by atoms with E-state index in [1.807, 2.05) is 0 Å². The van der Waals surface area contributed by atoms with Crippen molar-refractivity contribution in [3.8, 4) is 0 Å². The molecule has 0 spiro atoms. The Balaban J connectivity index is 2.34. The van der Waals surface area contributed by atoms with Crippen molar-refractivity contribution in [3.63, 3.8) is 0 Å². The number of rotatable bonds is 3. The lowest BCUT2D eigenvalue weighted by molar-refractivity contribution is 0.0694. The highest BCUT2D eigenvalue weighted by atomic mass is 19.1. The highest BCUT2D eigenvalue weighted by Gasteiger charge is 2.28. The molecule has 1 fully saturated rings. The van der Waals surface area contributed by atoms with Gasteiger partial charge in [-0.05, 0) is 19.4 Å². The van der Waals surface area contributed by atoms with E-state index in [0.717, 1.165) is 12.3 Å². The number of carboxylic acid groups (broad SMARTS) is 1. The van der Waals surface area contributed by atoms with Crippen molar-refractivity contribution in [2.45, 2.75) is 26.0 Å². The van der Waals surface area contributed by atoms with Crippen LogP contribution in [0.3, 0.4) is 0 Å². The fourth-order valence-electron chi connectivity index (χ4n) is 3.11. The Morgan fingerprint density at radius 2 is 2.12 bits per heavy atom. The van der Waals surface area contributed by atoms with Gasteiger partial charge in [-0.25, -0.2) is 13.6 Å². The monoisotopic (exact) mass is 338 g/mol. The number of hydrogen-bond acceptors (Lipinski definition) is 4. The van der Waals surface area contributed by atoms with Crippen molar-refractivity contribution in [2.75, 3.05) is 18.0 Å². The first-order chi connectivity index (χ1) is 11.3. The second-order valence-electron chi connectivity index (χ2n) is 5.77. The molecule has 8 heteroatoms. The minimum absolute atomic E-state index is 0.100. The predicted octanol–water partition coefficient (Wildman–Crippen LogP) is 1.57. The summed E-state index contributed by atoms with van der Waals surface area (Å²) in [5, 5.41) is 18.4. The van der Waals surface area contributed by atoms with E-state index in [-0.39, 0.29) is 29.7 Å². The summed E-state index contributed by atoms with van der Waals surface area (Å²) in [5.74, 6) is -3.32. The molecule has 2 N–H and O–H groups in total. The van der Waals surface area contributed by atoms with Crippen LogP contribution in [0, 0.1) is 11.6 Å². The number of nitrogens with zero attached hydrogens (tertiary/aromatic N) is 2. The van der Waals surface area contributed by atoms with Gasteiger partial charge in [0.25, 0.3) is 0 Å². The quantitative estimate of drug-likeness (QED) is 0.888. The molecule has 1 atom stereocenters. The normalized spacial score (nSPS) is 17.7. The van der Waals surface area contributed by atoms with E-state index >= 15 is 0 Å². The number of carboxylic acids is 1. The highest BCUT2D eigenvalue weighted by Crippen LogP contribution is 2.32. The van der Waals surface area contributed by atoms with E-state index in [9.17, 15) is 23.5 Å². The molecule has 0 saturated carbocycles.